The van der Waals surface area contributed by atoms with Gasteiger partial charge >= 0.3 is 29.3 Å². The van der Waals surface area contributed by atoms with Crippen molar-refractivity contribution in [2.24, 2.45) is 0 Å². The van der Waals surface area contributed by atoms with E-state index in [4.69, 9.17) is 4.55 Å². The van der Waals surface area contributed by atoms with Gasteiger partial charge in [-0.2, -0.15) is 8.42 Å². The summed E-state index contributed by atoms with van der Waals surface area (Å²) in [6.45, 7) is 0. The minimum absolute atomic E-state index is 0. The van der Waals surface area contributed by atoms with E-state index in [9.17, 15) is 8.42 Å². The standard InChI is InChI=1S/CH4O4S.Li.H/c1-5-6(2,3)4;;/h1H3,(H,2,3,4);;. The Morgan fingerprint density at radius 1 is 1.57 bits per heavy atom. The summed E-state index contributed by atoms with van der Waals surface area (Å²) in [4.78, 5) is 0. The van der Waals surface area contributed by atoms with Crippen molar-refractivity contribution >= 4 is 29.3 Å². The molecule has 0 bridgehead atoms. The SMILES string of the molecule is COS(=O)(=O)O.[LiH]. The Kier molecular flexibility index (Phi) is 5.18. The molecule has 0 saturated heterocycles. The maximum absolute atomic E-state index is 9.33. The van der Waals surface area contributed by atoms with E-state index in [2.05, 4.69) is 4.18 Å². The molecule has 0 amide bonds. The van der Waals surface area contributed by atoms with Crippen LogP contribution in [0.5, 0.6) is 0 Å². The summed E-state index contributed by atoms with van der Waals surface area (Å²) >= 11 is 0. The van der Waals surface area contributed by atoms with Crippen LogP contribution in [0.4, 0.5) is 0 Å². The summed E-state index contributed by atoms with van der Waals surface area (Å²) in [6, 6.07) is 0. The van der Waals surface area contributed by atoms with Crippen molar-refractivity contribution in [3.63, 3.8) is 0 Å². The van der Waals surface area contributed by atoms with E-state index in [0.717, 1.165) is 7.11 Å². The molecule has 0 saturated carbocycles. The molecule has 4 nitrogen and oxygen atoms in total. The molecule has 1 N–H and O–H groups in total. The molecule has 7 heavy (non-hydrogen) atoms. The zero-order valence-corrected chi connectivity index (χ0v) is 3.90. The first-order chi connectivity index (χ1) is 2.56. The molecule has 0 aliphatic carbocycles. The van der Waals surface area contributed by atoms with Gasteiger partial charge in [-0.1, -0.05) is 0 Å². The topological polar surface area (TPSA) is 63.6 Å². The van der Waals surface area contributed by atoms with Crippen LogP contribution in [0.1, 0.15) is 0 Å². The molecule has 0 aromatic carbocycles. The van der Waals surface area contributed by atoms with Crippen LogP contribution in [-0.2, 0) is 14.6 Å². The van der Waals surface area contributed by atoms with Gasteiger partial charge in [0.2, 0.25) is 0 Å². The Morgan fingerprint density at radius 3 is 1.71 bits per heavy atom. The molecular formula is CH5LiO4S. The summed E-state index contributed by atoms with van der Waals surface area (Å²) in [5.74, 6) is 0. The number of hydrogen-bond acceptors (Lipinski definition) is 3. The second-order valence-corrected chi connectivity index (χ2v) is 1.78. The van der Waals surface area contributed by atoms with Gasteiger partial charge in [0.05, 0.1) is 7.11 Å². The summed E-state index contributed by atoms with van der Waals surface area (Å²) in [6.07, 6.45) is 0. The molecule has 0 unspecified atom stereocenters. The fourth-order valence-electron chi connectivity index (χ4n) is 0. The van der Waals surface area contributed by atoms with Gasteiger partial charge in [0.15, 0.2) is 0 Å². The Balaban J connectivity index is 0. The van der Waals surface area contributed by atoms with Crippen LogP contribution in [-0.4, -0.2) is 38.9 Å². The monoisotopic (exact) mass is 120 g/mol. The van der Waals surface area contributed by atoms with E-state index < -0.39 is 10.4 Å². The fraction of sp³-hybridized carbons (Fsp3) is 1.00. The van der Waals surface area contributed by atoms with Crippen LogP contribution in [0, 0.1) is 0 Å². The molecule has 0 fully saturated rings. The molecule has 0 radical (unpaired) electrons. The predicted octanol–water partition coefficient (Wildman–Crippen LogP) is -1.21. The van der Waals surface area contributed by atoms with Crippen molar-refractivity contribution in [3.8, 4) is 0 Å². The van der Waals surface area contributed by atoms with E-state index >= 15 is 0 Å². The molecule has 0 heterocycles. The van der Waals surface area contributed by atoms with Crippen molar-refractivity contribution in [2.75, 3.05) is 7.11 Å². The third-order valence-electron chi connectivity index (χ3n) is 0.211. The second-order valence-electron chi connectivity index (χ2n) is 0.594. The third kappa shape index (κ3) is 10.7. The van der Waals surface area contributed by atoms with Gasteiger partial charge in [0.25, 0.3) is 0 Å². The normalized spacial score (nSPS) is 10.0. The molecule has 6 heteroatoms. The van der Waals surface area contributed by atoms with E-state index in [1.807, 2.05) is 0 Å². The van der Waals surface area contributed by atoms with Gasteiger partial charge in [0, 0.05) is 0 Å². The first-order valence-electron chi connectivity index (χ1n) is 1.09. The van der Waals surface area contributed by atoms with E-state index in [0.29, 0.717) is 0 Å². The Bertz CT molecular complexity index is 114. The van der Waals surface area contributed by atoms with E-state index in [1.165, 1.54) is 0 Å². The molecule has 0 atom stereocenters. The summed E-state index contributed by atoms with van der Waals surface area (Å²) in [5.41, 5.74) is 0. The van der Waals surface area contributed by atoms with Crippen LogP contribution >= 0.6 is 0 Å². The fourth-order valence-corrected chi connectivity index (χ4v) is 0. The van der Waals surface area contributed by atoms with Crippen molar-refractivity contribution in [3.05, 3.63) is 0 Å². The van der Waals surface area contributed by atoms with Crippen LogP contribution in [0.3, 0.4) is 0 Å². The van der Waals surface area contributed by atoms with Gasteiger partial charge < -0.3 is 0 Å². The van der Waals surface area contributed by atoms with Gasteiger partial charge in [-0.3, -0.25) is 8.74 Å². The average Bonchev–Trinajstić information content (AvgIpc) is 1.35. The molecule has 0 aromatic heterocycles. The molecular weight excluding hydrogens is 115 g/mol. The maximum atomic E-state index is 9.33. The zero-order chi connectivity index (χ0) is 5.21. The molecule has 0 aliphatic rings. The Morgan fingerprint density at radius 2 is 1.71 bits per heavy atom. The van der Waals surface area contributed by atoms with Gasteiger partial charge in [0.1, 0.15) is 0 Å². The van der Waals surface area contributed by atoms with Crippen molar-refractivity contribution < 1.29 is 17.2 Å². The van der Waals surface area contributed by atoms with Crippen molar-refractivity contribution in [1.82, 2.24) is 0 Å². The molecule has 0 aromatic rings. The second kappa shape index (κ2) is 3.47. The van der Waals surface area contributed by atoms with Crippen LogP contribution in [0.2, 0.25) is 0 Å². The average molecular weight is 120 g/mol. The van der Waals surface area contributed by atoms with E-state index in [-0.39, 0.29) is 18.9 Å². The Hall–Kier alpha value is 0.467. The summed E-state index contributed by atoms with van der Waals surface area (Å²) in [5, 5.41) is 0. The van der Waals surface area contributed by atoms with Gasteiger partial charge in [-0.25, -0.2) is 0 Å². The minimum atomic E-state index is -4.16. The first-order valence-corrected chi connectivity index (χ1v) is 2.46. The van der Waals surface area contributed by atoms with Crippen LogP contribution < -0.4 is 0 Å². The van der Waals surface area contributed by atoms with Gasteiger partial charge in [-0.05, 0) is 0 Å². The third-order valence-corrected chi connectivity index (χ3v) is 0.632. The van der Waals surface area contributed by atoms with Crippen molar-refractivity contribution in [2.45, 2.75) is 0 Å². The molecule has 0 rings (SSSR count). The Labute approximate surface area is 54.0 Å². The first kappa shape index (κ1) is 10.4. The summed E-state index contributed by atoms with van der Waals surface area (Å²) < 4.78 is 29.7. The molecule has 0 spiro atoms. The molecule has 0 aliphatic heterocycles. The summed E-state index contributed by atoms with van der Waals surface area (Å²) in [7, 11) is -3.29. The number of hydrogen-bond donors (Lipinski definition) is 1. The predicted molar refractivity (Wildman–Crippen MR) is 25.7 cm³/mol. The van der Waals surface area contributed by atoms with Gasteiger partial charge in [-0.15, -0.1) is 0 Å². The van der Waals surface area contributed by atoms with Crippen molar-refractivity contribution in [1.29, 1.82) is 0 Å². The van der Waals surface area contributed by atoms with Crippen LogP contribution in [0.15, 0.2) is 0 Å². The number of rotatable bonds is 1. The van der Waals surface area contributed by atoms with Crippen LogP contribution in [0.25, 0.3) is 0 Å². The molecule has 40 valence electrons. The van der Waals surface area contributed by atoms with E-state index in [1.54, 1.807) is 0 Å². The zero-order valence-electron chi connectivity index (χ0n) is 3.08. The quantitative estimate of drug-likeness (QED) is 0.348.